The zero-order valence-electron chi connectivity index (χ0n) is 20.7. The van der Waals surface area contributed by atoms with E-state index in [0.717, 1.165) is 11.1 Å². The van der Waals surface area contributed by atoms with E-state index in [0.29, 0.717) is 38.7 Å². The first-order valence-electron chi connectivity index (χ1n) is 11.8. The van der Waals surface area contributed by atoms with Gasteiger partial charge in [0.05, 0.1) is 35.1 Å². The van der Waals surface area contributed by atoms with Gasteiger partial charge in [-0.05, 0) is 62.2 Å². The number of aromatic nitrogens is 1. The Morgan fingerprint density at radius 3 is 2.30 bits per heavy atom. The molecule has 0 unspecified atom stereocenters. The van der Waals surface area contributed by atoms with Crippen LogP contribution in [0, 0.1) is 0 Å². The Morgan fingerprint density at radius 1 is 1.03 bits per heavy atom. The summed E-state index contributed by atoms with van der Waals surface area (Å²) >= 11 is 1.24. The zero-order valence-corrected chi connectivity index (χ0v) is 21.5. The molecular weight excluding hydrogens is 494 g/mol. The van der Waals surface area contributed by atoms with Gasteiger partial charge in [0, 0.05) is 0 Å². The first-order valence-corrected chi connectivity index (χ1v) is 12.6. The number of ether oxygens (including phenoxy) is 3. The molecule has 2 N–H and O–H groups in total. The number of rotatable bonds is 9. The number of carbonyl (C=O) groups is 2. The van der Waals surface area contributed by atoms with Gasteiger partial charge in [-0.1, -0.05) is 35.6 Å². The van der Waals surface area contributed by atoms with Crippen molar-refractivity contribution in [3.63, 3.8) is 0 Å². The highest BCUT2D eigenvalue weighted by atomic mass is 32.1. The number of nitrogens with two attached hydrogens (primary N) is 1. The van der Waals surface area contributed by atoms with E-state index in [-0.39, 0.29) is 18.8 Å². The topological polar surface area (TPSA) is 122 Å². The SMILES string of the molecule is CCOC(=O)C1=C(C)N=c2s/c(=C/c3ccc(OCC(N)=O)cc3)c(=O)n2[C@@H]1c1ccc(OCC)cc1. The summed E-state index contributed by atoms with van der Waals surface area (Å²) < 4.78 is 18.2. The number of thiazole rings is 1. The van der Waals surface area contributed by atoms with Crippen LogP contribution in [-0.2, 0) is 14.3 Å². The van der Waals surface area contributed by atoms with E-state index in [4.69, 9.17) is 19.9 Å². The average Bonchev–Trinajstić information content (AvgIpc) is 3.17. The lowest BCUT2D eigenvalue weighted by Crippen LogP contribution is -2.39. The van der Waals surface area contributed by atoms with E-state index < -0.39 is 17.9 Å². The van der Waals surface area contributed by atoms with Gasteiger partial charge < -0.3 is 19.9 Å². The second kappa shape index (κ2) is 11.3. The summed E-state index contributed by atoms with van der Waals surface area (Å²) in [5.74, 6) is 0.108. The highest BCUT2D eigenvalue weighted by molar-refractivity contribution is 7.07. The van der Waals surface area contributed by atoms with Crippen molar-refractivity contribution in [3.05, 3.63) is 90.6 Å². The summed E-state index contributed by atoms with van der Waals surface area (Å²) in [6.07, 6.45) is 1.75. The zero-order chi connectivity index (χ0) is 26.5. The number of benzene rings is 2. The monoisotopic (exact) mass is 521 g/mol. The lowest BCUT2D eigenvalue weighted by atomic mass is 9.96. The smallest absolute Gasteiger partial charge is 0.338 e. The Morgan fingerprint density at radius 2 is 1.68 bits per heavy atom. The van der Waals surface area contributed by atoms with E-state index in [1.165, 1.54) is 15.9 Å². The molecule has 0 fully saturated rings. The van der Waals surface area contributed by atoms with Gasteiger partial charge in [-0.2, -0.15) is 0 Å². The molecule has 0 saturated heterocycles. The molecule has 0 spiro atoms. The number of esters is 1. The molecule has 0 radical (unpaired) electrons. The molecule has 0 saturated carbocycles. The molecular formula is C27H27N3O6S. The first kappa shape index (κ1) is 25.9. The molecule has 37 heavy (non-hydrogen) atoms. The van der Waals surface area contributed by atoms with Crippen LogP contribution in [0.25, 0.3) is 6.08 Å². The quantitative estimate of drug-likeness (QED) is 0.430. The van der Waals surface area contributed by atoms with Crippen molar-refractivity contribution in [2.75, 3.05) is 19.8 Å². The summed E-state index contributed by atoms with van der Waals surface area (Å²) in [6.45, 7) is 5.90. The summed E-state index contributed by atoms with van der Waals surface area (Å²) in [7, 11) is 0. The van der Waals surface area contributed by atoms with Gasteiger partial charge in [0.2, 0.25) is 0 Å². The summed E-state index contributed by atoms with van der Waals surface area (Å²) in [4.78, 5) is 42.6. The van der Waals surface area contributed by atoms with Gasteiger partial charge in [0.25, 0.3) is 11.5 Å². The standard InChI is InChI=1S/C27H27N3O6S/c1-4-34-19-12-8-18(9-13-19)24-23(26(33)35-5-2)16(3)29-27-30(24)25(32)21(37-27)14-17-6-10-20(11-7-17)36-15-22(28)31/h6-14,24H,4-5,15H2,1-3H3,(H2,28,31)/b21-14+/t24-/m1/s1. The van der Waals surface area contributed by atoms with Crippen molar-refractivity contribution in [2.45, 2.75) is 26.8 Å². The lowest BCUT2D eigenvalue weighted by Gasteiger charge is -2.24. The molecule has 1 aromatic heterocycles. The molecule has 192 valence electrons. The maximum Gasteiger partial charge on any atom is 0.338 e. The minimum atomic E-state index is -0.697. The van der Waals surface area contributed by atoms with Crippen molar-refractivity contribution in [1.29, 1.82) is 0 Å². The molecule has 2 aromatic carbocycles. The largest absolute Gasteiger partial charge is 0.494 e. The molecule has 2 heterocycles. The Hall–Kier alpha value is -4.18. The van der Waals surface area contributed by atoms with Gasteiger partial charge in [0.1, 0.15) is 11.5 Å². The number of fused-ring (bicyclic) bond motifs is 1. The number of nitrogens with zero attached hydrogens (tertiary/aromatic N) is 2. The van der Waals surface area contributed by atoms with Crippen LogP contribution in [0.5, 0.6) is 11.5 Å². The van der Waals surface area contributed by atoms with Crippen LogP contribution in [0.15, 0.2) is 69.6 Å². The Balaban J connectivity index is 1.79. The Kier molecular flexibility index (Phi) is 7.88. The van der Waals surface area contributed by atoms with Crippen LogP contribution in [0.3, 0.4) is 0 Å². The number of allylic oxidation sites excluding steroid dienone is 1. The van der Waals surface area contributed by atoms with Crippen LogP contribution in [0.2, 0.25) is 0 Å². The van der Waals surface area contributed by atoms with Crippen LogP contribution < -0.4 is 30.1 Å². The third-order valence-corrected chi connectivity index (χ3v) is 6.57. The van der Waals surface area contributed by atoms with Crippen molar-refractivity contribution < 1.29 is 23.8 Å². The molecule has 4 rings (SSSR count). The van der Waals surface area contributed by atoms with Crippen LogP contribution in [0.4, 0.5) is 0 Å². The maximum absolute atomic E-state index is 13.7. The maximum atomic E-state index is 13.7. The van der Waals surface area contributed by atoms with E-state index in [2.05, 4.69) is 4.99 Å². The minimum absolute atomic E-state index is 0.204. The molecule has 0 aliphatic carbocycles. The Bertz CT molecular complexity index is 1520. The lowest BCUT2D eigenvalue weighted by molar-refractivity contribution is -0.139. The van der Waals surface area contributed by atoms with Crippen LogP contribution in [-0.4, -0.2) is 36.3 Å². The molecule has 9 nitrogen and oxygen atoms in total. The Labute approximate surface area is 217 Å². The second-order valence-electron chi connectivity index (χ2n) is 8.13. The van der Waals surface area contributed by atoms with Crippen molar-refractivity contribution in [3.8, 4) is 11.5 Å². The van der Waals surface area contributed by atoms with Crippen LogP contribution >= 0.6 is 11.3 Å². The van der Waals surface area contributed by atoms with Crippen molar-refractivity contribution in [2.24, 2.45) is 10.7 Å². The molecule has 3 aromatic rings. The number of carbonyl (C=O) groups excluding carboxylic acids is 2. The van der Waals surface area contributed by atoms with Crippen molar-refractivity contribution in [1.82, 2.24) is 4.57 Å². The number of hydrogen-bond acceptors (Lipinski definition) is 8. The molecule has 1 aliphatic rings. The highest BCUT2D eigenvalue weighted by Crippen LogP contribution is 2.31. The van der Waals surface area contributed by atoms with E-state index in [1.807, 2.05) is 31.2 Å². The van der Waals surface area contributed by atoms with Crippen molar-refractivity contribution >= 4 is 29.3 Å². The number of primary amides is 1. The first-order chi connectivity index (χ1) is 17.8. The normalized spacial score (nSPS) is 15.1. The highest BCUT2D eigenvalue weighted by Gasteiger charge is 2.33. The molecule has 10 heteroatoms. The van der Waals surface area contributed by atoms with Gasteiger partial charge in [-0.3, -0.25) is 14.2 Å². The summed E-state index contributed by atoms with van der Waals surface area (Å²) in [5, 5.41) is 0. The minimum Gasteiger partial charge on any atom is -0.494 e. The van der Waals surface area contributed by atoms with E-state index in [1.54, 1.807) is 44.2 Å². The predicted molar refractivity (Wildman–Crippen MR) is 139 cm³/mol. The van der Waals surface area contributed by atoms with Gasteiger partial charge in [-0.25, -0.2) is 9.79 Å². The van der Waals surface area contributed by atoms with Crippen LogP contribution in [0.1, 0.15) is 37.9 Å². The average molecular weight is 522 g/mol. The number of hydrogen-bond donors (Lipinski definition) is 1. The number of amides is 1. The van der Waals surface area contributed by atoms with E-state index >= 15 is 0 Å². The van der Waals surface area contributed by atoms with Gasteiger partial charge in [0.15, 0.2) is 11.4 Å². The molecule has 1 aliphatic heterocycles. The van der Waals surface area contributed by atoms with Gasteiger partial charge >= 0.3 is 5.97 Å². The van der Waals surface area contributed by atoms with Gasteiger partial charge in [-0.15, -0.1) is 0 Å². The fourth-order valence-electron chi connectivity index (χ4n) is 3.99. The summed E-state index contributed by atoms with van der Waals surface area (Å²) in [5.41, 5.74) is 7.16. The van der Waals surface area contributed by atoms with E-state index in [9.17, 15) is 14.4 Å². The fourth-order valence-corrected chi connectivity index (χ4v) is 5.03. The second-order valence-corrected chi connectivity index (χ2v) is 9.14. The summed E-state index contributed by atoms with van der Waals surface area (Å²) in [6, 6.07) is 13.5. The predicted octanol–water partition coefficient (Wildman–Crippen LogP) is 2.06. The third kappa shape index (κ3) is 5.64. The fraction of sp³-hybridized carbons (Fsp3) is 0.259. The molecule has 1 amide bonds. The molecule has 1 atom stereocenters. The molecule has 0 bridgehead atoms. The third-order valence-electron chi connectivity index (χ3n) is 5.58.